The van der Waals surface area contributed by atoms with E-state index in [4.69, 9.17) is 0 Å². The van der Waals surface area contributed by atoms with Crippen LogP contribution in [0.1, 0.15) is 39.0 Å². The molecule has 0 aromatic heterocycles. The Kier molecular flexibility index (Phi) is 4.62. The van der Waals surface area contributed by atoms with Crippen molar-refractivity contribution in [3.63, 3.8) is 0 Å². The summed E-state index contributed by atoms with van der Waals surface area (Å²) in [5, 5.41) is 9.66. The van der Waals surface area contributed by atoms with E-state index < -0.39 is 0 Å². The molecule has 2 unspecified atom stereocenters. The number of β-amino-alcohol motifs (C(OH)–C–C–N with tert-alkyl or cyclic N) is 1. The first-order chi connectivity index (χ1) is 7.79. The van der Waals surface area contributed by atoms with Crippen LogP contribution >= 0.6 is 0 Å². The van der Waals surface area contributed by atoms with Gasteiger partial charge in [-0.05, 0) is 45.3 Å². The lowest BCUT2D eigenvalue weighted by Gasteiger charge is -2.32. The lowest BCUT2D eigenvalue weighted by atomic mass is 10.1. The number of likely N-dealkylation sites (tertiary alicyclic amines) is 2. The zero-order valence-corrected chi connectivity index (χ0v) is 10.6. The highest BCUT2D eigenvalue weighted by atomic mass is 16.3. The molecule has 0 saturated carbocycles. The van der Waals surface area contributed by atoms with Crippen molar-refractivity contribution in [1.82, 2.24) is 9.80 Å². The summed E-state index contributed by atoms with van der Waals surface area (Å²) in [5.41, 5.74) is 0. The molecule has 2 atom stereocenters. The van der Waals surface area contributed by atoms with Gasteiger partial charge in [0.25, 0.3) is 0 Å². The minimum absolute atomic E-state index is 0.125. The molecule has 2 rings (SSSR count). The molecule has 2 aliphatic heterocycles. The molecule has 94 valence electrons. The van der Waals surface area contributed by atoms with Crippen LogP contribution in [0.25, 0.3) is 0 Å². The third kappa shape index (κ3) is 3.19. The van der Waals surface area contributed by atoms with Gasteiger partial charge in [-0.1, -0.05) is 13.3 Å². The van der Waals surface area contributed by atoms with Crippen LogP contribution in [0.2, 0.25) is 0 Å². The van der Waals surface area contributed by atoms with Gasteiger partial charge in [0, 0.05) is 19.1 Å². The van der Waals surface area contributed by atoms with Crippen LogP contribution in [0.3, 0.4) is 0 Å². The second-order valence-electron chi connectivity index (χ2n) is 5.36. The van der Waals surface area contributed by atoms with Crippen molar-refractivity contribution in [2.24, 2.45) is 0 Å². The zero-order valence-electron chi connectivity index (χ0n) is 10.6. The number of piperidine rings is 1. The fraction of sp³-hybridized carbons (Fsp3) is 1.00. The van der Waals surface area contributed by atoms with E-state index in [1.807, 2.05) is 0 Å². The number of aliphatic hydroxyl groups excluding tert-OH is 1. The molecular formula is C13H26N2O. The molecule has 2 saturated heterocycles. The smallest absolute Gasteiger partial charge is 0.0664 e. The molecule has 1 N–H and O–H groups in total. The van der Waals surface area contributed by atoms with Crippen molar-refractivity contribution in [2.75, 3.05) is 32.7 Å². The van der Waals surface area contributed by atoms with Gasteiger partial charge in [-0.2, -0.15) is 0 Å². The first-order valence-electron chi connectivity index (χ1n) is 6.94. The first-order valence-corrected chi connectivity index (χ1v) is 6.94. The molecule has 16 heavy (non-hydrogen) atoms. The van der Waals surface area contributed by atoms with Crippen molar-refractivity contribution < 1.29 is 5.11 Å². The van der Waals surface area contributed by atoms with E-state index in [1.54, 1.807) is 0 Å². The van der Waals surface area contributed by atoms with Crippen molar-refractivity contribution in [3.05, 3.63) is 0 Å². The van der Waals surface area contributed by atoms with Gasteiger partial charge in [0.05, 0.1) is 6.10 Å². The summed E-state index contributed by atoms with van der Waals surface area (Å²) < 4.78 is 0. The SMILES string of the molecule is CCC(O)CN1CCC(N2CCCCC2)C1. The van der Waals surface area contributed by atoms with Crippen molar-refractivity contribution in [2.45, 2.75) is 51.2 Å². The Balaban J connectivity index is 1.74. The maximum atomic E-state index is 9.66. The maximum absolute atomic E-state index is 9.66. The maximum Gasteiger partial charge on any atom is 0.0664 e. The summed E-state index contributed by atoms with van der Waals surface area (Å²) in [7, 11) is 0. The van der Waals surface area contributed by atoms with Gasteiger partial charge in [0.15, 0.2) is 0 Å². The number of hydrogen-bond donors (Lipinski definition) is 1. The molecule has 3 heteroatoms. The van der Waals surface area contributed by atoms with E-state index in [9.17, 15) is 5.11 Å². The molecule has 0 bridgehead atoms. The topological polar surface area (TPSA) is 26.7 Å². The van der Waals surface area contributed by atoms with Gasteiger partial charge in [0.1, 0.15) is 0 Å². The summed E-state index contributed by atoms with van der Waals surface area (Å²) in [5.74, 6) is 0. The predicted molar refractivity (Wildman–Crippen MR) is 66.6 cm³/mol. The summed E-state index contributed by atoms with van der Waals surface area (Å²) in [6.07, 6.45) is 6.24. The second kappa shape index (κ2) is 5.99. The van der Waals surface area contributed by atoms with Crippen LogP contribution in [-0.4, -0.2) is 59.8 Å². The van der Waals surface area contributed by atoms with Gasteiger partial charge < -0.3 is 5.11 Å². The Morgan fingerprint density at radius 3 is 2.62 bits per heavy atom. The molecule has 2 heterocycles. The fourth-order valence-corrected chi connectivity index (χ4v) is 2.99. The Morgan fingerprint density at radius 1 is 1.19 bits per heavy atom. The van der Waals surface area contributed by atoms with E-state index in [0.717, 1.165) is 19.0 Å². The zero-order chi connectivity index (χ0) is 11.4. The number of rotatable bonds is 4. The van der Waals surface area contributed by atoms with Crippen LogP contribution in [0.15, 0.2) is 0 Å². The molecule has 0 spiro atoms. The van der Waals surface area contributed by atoms with Crippen LogP contribution in [0.4, 0.5) is 0 Å². The second-order valence-corrected chi connectivity index (χ2v) is 5.36. The highest BCUT2D eigenvalue weighted by Gasteiger charge is 2.28. The van der Waals surface area contributed by atoms with E-state index >= 15 is 0 Å². The van der Waals surface area contributed by atoms with E-state index in [1.165, 1.54) is 51.9 Å². The Morgan fingerprint density at radius 2 is 1.94 bits per heavy atom. The Labute approximate surface area is 99.4 Å². The number of aliphatic hydroxyl groups is 1. The predicted octanol–water partition coefficient (Wildman–Crippen LogP) is 1.32. The summed E-state index contributed by atoms with van der Waals surface area (Å²) in [6, 6.07) is 0.768. The third-order valence-corrected chi connectivity index (χ3v) is 4.09. The van der Waals surface area contributed by atoms with E-state index in [0.29, 0.717) is 0 Å². The highest BCUT2D eigenvalue weighted by molar-refractivity contribution is 4.85. The summed E-state index contributed by atoms with van der Waals surface area (Å²) in [6.45, 7) is 7.89. The van der Waals surface area contributed by atoms with Gasteiger partial charge in [0.2, 0.25) is 0 Å². The van der Waals surface area contributed by atoms with Crippen LogP contribution in [0.5, 0.6) is 0 Å². The van der Waals surface area contributed by atoms with Gasteiger partial charge in [-0.15, -0.1) is 0 Å². The number of hydrogen-bond acceptors (Lipinski definition) is 3. The highest BCUT2D eigenvalue weighted by Crippen LogP contribution is 2.20. The third-order valence-electron chi connectivity index (χ3n) is 4.09. The standard InChI is InChI=1S/C13H26N2O/c1-2-13(16)11-14-9-6-12(10-14)15-7-4-3-5-8-15/h12-13,16H,2-11H2,1H3. The van der Waals surface area contributed by atoms with Crippen LogP contribution in [0, 0.1) is 0 Å². The molecule has 0 radical (unpaired) electrons. The monoisotopic (exact) mass is 226 g/mol. The van der Waals surface area contributed by atoms with Crippen molar-refractivity contribution >= 4 is 0 Å². The molecular weight excluding hydrogens is 200 g/mol. The molecule has 2 fully saturated rings. The molecule has 0 aliphatic carbocycles. The van der Waals surface area contributed by atoms with E-state index in [-0.39, 0.29) is 6.10 Å². The minimum atomic E-state index is -0.125. The summed E-state index contributed by atoms with van der Waals surface area (Å²) >= 11 is 0. The number of nitrogens with zero attached hydrogens (tertiary/aromatic N) is 2. The van der Waals surface area contributed by atoms with Crippen LogP contribution in [-0.2, 0) is 0 Å². The largest absolute Gasteiger partial charge is 0.392 e. The summed E-state index contributed by atoms with van der Waals surface area (Å²) in [4.78, 5) is 5.11. The first kappa shape index (κ1) is 12.3. The van der Waals surface area contributed by atoms with Crippen molar-refractivity contribution in [1.29, 1.82) is 0 Å². The normalized spacial score (nSPS) is 30.8. The Hall–Kier alpha value is -0.120. The molecule has 0 amide bonds. The fourth-order valence-electron chi connectivity index (χ4n) is 2.99. The van der Waals surface area contributed by atoms with Crippen LogP contribution < -0.4 is 0 Å². The molecule has 0 aromatic carbocycles. The molecule has 0 aromatic rings. The lowest BCUT2D eigenvalue weighted by Crippen LogP contribution is -2.41. The average molecular weight is 226 g/mol. The Bertz CT molecular complexity index is 204. The molecule has 2 aliphatic rings. The average Bonchev–Trinajstić information content (AvgIpc) is 2.78. The minimum Gasteiger partial charge on any atom is -0.392 e. The van der Waals surface area contributed by atoms with Gasteiger partial charge >= 0.3 is 0 Å². The van der Waals surface area contributed by atoms with Gasteiger partial charge in [-0.3, -0.25) is 9.80 Å². The van der Waals surface area contributed by atoms with E-state index in [2.05, 4.69) is 16.7 Å². The van der Waals surface area contributed by atoms with Gasteiger partial charge in [-0.25, -0.2) is 0 Å². The van der Waals surface area contributed by atoms with Crippen molar-refractivity contribution in [3.8, 4) is 0 Å². The lowest BCUT2D eigenvalue weighted by molar-refractivity contribution is 0.111. The molecule has 3 nitrogen and oxygen atoms in total. The quantitative estimate of drug-likeness (QED) is 0.783.